The van der Waals surface area contributed by atoms with Crippen molar-refractivity contribution in [3.63, 3.8) is 0 Å². The number of nitriles is 1. The molecule has 0 spiro atoms. The van der Waals surface area contributed by atoms with Crippen LogP contribution in [0.3, 0.4) is 0 Å². The Hall–Kier alpha value is -2.71. The zero-order valence-corrected chi connectivity index (χ0v) is 14.4. The lowest BCUT2D eigenvalue weighted by molar-refractivity contribution is 0.628. The van der Waals surface area contributed by atoms with Crippen LogP contribution >= 0.6 is 15.9 Å². The van der Waals surface area contributed by atoms with E-state index >= 15 is 0 Å². The average Bonchev–Trinajstić information content (AvgIpc) is 2.58. The van der Waals surface area contributed by atoms with Crippen molar-refractivity contribution >= 4 is 21.7 Å². The molecule has 2 N–H and O–H groups in total. The van der Waals surface area contributed by atoms with E-state index in [-0.39, 0.29) is 11.6 Å². The maximum atomic E-state index is 13.2. The summed E-state index contributed by atoms with van der Waals surface area (Å²) < 4.78 is 14.1. The maximum Gasteiger partial charge on any atom is 0.142 e. The number of hydrogen-bond donors (Lipinski definition) is 1. The Bertz CT molecular complexity index is 960. The first-order valence-electron chi connectivity index (χ1n) is 7.24. The number of pyridine rings is 1. The van der Waals surface area contributed by atoms with Crippen molar-refractivity contribution < 1.29 is 4.39 Å². The second-order valence-corrected chi connectivity index (χ2v) is 6.17. The summed E-state index contributed by atoms with van der Waals surface area (Å²) in [6, 6.07) is 15.8. The molecule has 0 amide bonds. The number of benzene rings is 2. The minimum Gasteiger partial charge on any atom is -0.383 e. The summed E-state index contributed by atoms with van der Waals surface area (Å²) in [7, 11) is 0. The van der Waals surface area contributed by atoms with Crippen LogP contribution in [0.15, 0.2) is 53.0 Å². The number of rotatable bonds is 2. The molecule has 5 heteroatoms. The summed E-state index contributed by atoms with van der Waals surface area (Å²) >= 11 is 3.53. The van der Waals surface area contributed by atoms with Crippen LogP contribution in [-0.2, 0) is 0 Å². The van der Waals surface area contributed by atoms with Crippen LogP contribution in [0.1, 0.15) is 11.1 Å². The van der Waals surface area contributed by atoms with Gasteiger partial charge in [0.2, 0.25) is 0 Å². The van der Waals surface area contributed by atoms with Crippen molar-refractivity contribution in [1.82, 2.24) is 4.98 Å². The zero-order chi connectivity index (χ0) is 17.3. The Morgan fingerprint density at radius 2 is 1.79 bits per heavy atom. The van der Waals surface area contributed by atoms with Gasteiger partial charge in [0.1, 0.15) is 23.3 Å². The van der Waals surface area contributed by atoms with Crippen LogP contribution in [0.5, 0.6) is 0 Å². The predicted octanol–water partition coefficient (Wildman–Crippen LogP) is 5.08. The van der Waals surface area contributed by atoms with E-state index in [4.69, 9.17) is 5.73 Å². The predicted molar refractivity (Wildman–Crippen MR) is 96.6 cm³/mol. The van der Waals surface area contributed by atoms with E-state index in [9.17, 15) is 9.65 Å². The van der Waals surface area contributed by atoms with Gasteiger partial charge in [-0.15, -0.1) is 0 Å². The van der Waals surface area contributed by atoms with Crippen LogP contribution in [-0.4, -0.2) is 4.98 Å². The van der Waals surface area contributed by atoms with Gasteiger partial charge < -0.3 is 5.73 Å². The van der Waals surface area contributed by atoms with Crippen LogP contribution in [0.2, 0.25) is 0 Å². The topological polar surface area (TPSA) is 62.7 Å². The number of hydrogen-bond acceptors (Lipinski definition) is 3. The van der Waals surface area contributed by atoms with Gasteiger partial charge in [0, 0.05) is 15.6 Å². The minimum absolute atomic E-state index is 0.160. The van der Waals surface area contributed by atoms with E-state index in [0.29, 0.717) is 11.3 Å². The highest BCUT2D eigenvalue weighted by Crippen LogP contribution is 2.38. The molecule has 0 saturated heterocycles. The molecule has 0 saturated carbocycles. The van der Waals surface area contributed by atoms with E-state index in [1.54, 1.807) is 12.1 Å². The zero-order valence-electron chi connectivity index (χ0n) is 12.8. The number of aromatic nitrogens is 1. The van der Waals surface area contributed by atoms with E-state index in [1.165, 1.54) is 12.1 Å². The largest absolute Gasteiger partial charge is 0.383 e. The van der Waals surface area contributed by atoms with Gasteiger partial charge in [-0.2, -0.15) is 5.26 Å². The van der Waals surface area contributed by atoms with Gasteiger partial charge in [0.05, 0.1) is 5.69 Å². The Labute approximate surface area is 147 Å². The van der Waals surface area contributed by atoms with Gasteiger partial charge in [-0.3, -0.25) is 0 Å². The van der Waals surface area contributed by atoms with Crippen LogP contribution in [0.4, 0.5) is 10.2 Å². The molecule has 0 aliphatic rings. The summed E-state index contributed by atoms with van der Waals surface area (Å²) in [5.74, 6) is -0.155. The number of nitrogens with zero attached hydrogens (tertiary/aromatic N) is 2. The quantitative estimate of drug-likeness (QED) is 0.672. The van der Waals surface area contributed by atoms with Gasteiger partial charge in [-0.25, -0.2) is 9.37 Å². The Balaban J connectivity index is 2.34. The third kappa shape index (κ3) is 2.77. The Morgan fingerprint density at radius 3 is 2.42 bits per heavy atom. The van der Waals surface area contributed by atoms with Gasteiger partial charge >= 0.3 is 0 Å². The lowest BCUT2D eigenvalue weighted by atomic mass is 9.93. The van der Waals surface area contributed by atoms with Crippen molar-refractivity contribution in [1.29, 1.82) is 5.26 Å². The Morgan fingerprint density at radius 1 is 1.12 bits per heavy atom. The highest BCUT2D eigenvalue weighted by atomic mass is 79.9. The molecule has 3 aromatic rings. The van der Waals surface area contributed by atoms with Gasteiger partial charge in [-0.05, 0) is 48.4 Å². The molecule has 2 aromatic carbocycles. The monoisotopic (exact) mass is 381 g/mol. The second-order valence-electron chi connectivity index (χ2n) is 5.32. The summed E-state index contributed by atoms with van der Waals surface area (Å²) in [5, 5.41) is 9.54. The highest BCUT2D eigenvalue weighted by Gasteiger charge is 2.19. The van der Waals surface area contributed by atoms with Gasteiger partial charge in [-0.1, -0.05) is 34.1 Å². The first kappa shape index (κ1) is 16.2. The molecule has 0 aliphatic heterocycles. The van der Waals surface area contributed by atoms with E-state index in [1.807, 2.05) is 31.2 Å². The molecule has 0 radical (unpaired) electrons. The molecule has 24 heavy (non-hydrogen) atoms. The molecule has 1 aromatic heterocycles. The standard InChI is InChI=1S/C19H13BrFN3/c1-11-17(14-4-2-3-5-16(14)20)15(10-22)19(23)24-18(11)12-6-8-13(21)9-7-12/h2-9H,1H3,(H2,23,24). The second kappa shape index (κ2) is 6.42. The van der Waals surface area contributed by atoms with Crippen LogP contribution in [0.25, 0.3) is 22.4 Å². The lowest BCUT2D eigenvalue weighted by Crippen LogP contribution is -2.03. The molecule has 118 valence electrons. The molecule has 0 unspecified atom stereocenters. The minimum atomic E-state index is -0.316. The first-order chi connectivity index (χ1) is 11.5. The van der Waals surface area contributed by atoms with Crippen molar-refractivity contribution in [2.75, 3.05) is 5.73 Å². The first-order valence-corrected chi connectivity index (χ1v) is 8.03. The summed E-state index contributed by atoms with van der Waals surface area (Å²) in [4.78, 5) is 4.38. The average molecular weight is 382 g/mol. The maximum absolute atomic E-state index is 13.2. The SMILES string of the molecule is Cc1c(-c2ccc(F)cc2)nc(N)c(C#N)c1-c1ccccc1Br. The van der Waals surface area contributed by atoms with E-state index in [2.05, 4.69) is 27.0 Å². The number of nitrogen functional groups attached to an aromatic ring is 1. The highest BCUT2D eigenvalue weighted by molar-refractivity contribution is 9.10. The fourth-order valence-corrected chi connectivity index (χ4v) is 3.18. The molecule has 0 bridgehead atoms. The molecule has 0 fully saturated rings. The molecule has 3 rings (SSSR count). The third-order valence-electron chi connectivity index (χ3n) is 3.84. The van der Waals surface area contributed by atoms with Crippen molar-refractivity contribution in [2.24, 2.45) is 0 Å². The molecule has 0 atom stereocenters. The lowest BCUT2D eigenvalue weighted by Gasteiger charge is -2.16. The number of halogens is 2. The molecule has 0 aliphatic carbocycles. The third-order valence-corrected chi connectivity index (χ3v) is 4.53. The summed E-state index contributed by atoms with van der Waals surface area (Å²) in [5.41, 5.74) is 10.2. The van der Waals surface area contributed by atoms with E-state index < -0.39 is 0 Å². The number of nitrogens with two attached hydrogens (primary N) is 1. The summed E-state index contributed by atoms with van der Waals surface area (Å²) in [6.07, 6.45) is 0. The van der Waals surface area contributed by atoms with Gasteiger partial charge in [0.25, 0.3) is 0 Å². The summed E-state index contributed by atoms with van der Waals surface area (Å²) in [6.45, 7) is 1.89. The number of anilines is 1. The fourth-order valence-electron chi connectivity index (χ4n) is 2.70. The van der Waals surface area contributed by atoms with Gasteiger partial charge in [0.15, 0.2) is 0 Å². The van der Waals surface area contributed by atoms with Crippen molar-refractivity contribution in [2.45, 2.75) is 6.92 Å². The van der Waals surface area contributed by atoms with Crippen molar-refractivity contribution in [3.8, 4) is 28.5 Å². The molecular formula is C19H13BrFN3. The smallest absolute Gasteiger partial charge is 0.142 e. The normalized spacial score (nSPS) is 10.4. The van der Waals surface area contributed by atoms with Crippen LogP contribution in [0, 0.1) is 24.1 Å². The Kier molecular flexibility index (Phi) is 4.32. The molecule has 1 heterocycles. The fraction of sp³-hybridized carbons (Fsp3) is 0.0526. The van der Waals surface area contributed by atoms with E-state index in [0.717, 1.165) is 26.7 Å². The van der Waals surface area contributed by atoms with Crippen LogP contribution < -0.4 is 5.73 Å². The molecular weight excluding hydrogens is 369 g/mol. The van der Waals surface area contributed by atoms with Crippen molar-refractivity contribution in [3.05, 3.63) is 69.9 Å². The molecule has 3 nitrogen and oxygen atoms in total.